The normalized spacial score (nSPS) is 11.1. The zero-order chi connectivity index (χ0) is 11.2. The van der Waals surface area contributed by atoms with Gasteiger partial charge in [-0.15, -0.1) is 0 Å². The van der Waals surface area contributed by atoms with E-state index in [2.05, 4.69) is 10.6 Å². The van der Waals surface area contributed by atoms with Crippen LogP contribution in [0.4, 0.5) is 0 Å². The molecule has 0 saturated carbocycles. The largest absolute Gasteiger partial charge is 0.481 e. The molecule has 0 atom stereocenters. The van der Waals surface area contributed by atoms with Gasteiger partial charge in [-0.2, -0.15) is 0 Å². The van der Waals surface area contributed by atoms with Gasteiger partial charge in [-0.1, -0.05) is 0 Å². The van der Waals surface area contributed by atoms with Crippen LogP contribution < -0.4 is 10.6 Å². The Labute approximate surface area is 83.9 Å². The van der Waals surface area contributed by atoms with Gasteiger partial charge in [-0.25, -0.2) is 0 Å². The Bertz CT molecular complexity index is 209. The summed E-state index contributed by atoms with van der Waals surface area (Å²) in [4.78, 5) is 21.2. The van der Waals surface area contributed by atoms with Crippen molar-refractivity contribution in [1.29, 1.82) is 0 Å². The van der Waals surface area contributed by atoms with Crippen LogP contribution in [-0.4, -0.2) is 35.6 Å². The summed E-state index contributed by atoms with van der Waals surface area (Å²) in [7, 11) is 0. The third-order valence-corrected chi connectivity index (χ3v) is 1.44. The van der Waals surface area contributed by atoms with Crippen molar-refractivity contribution in [2.24, 2.45) is 0 Å². The van der Waals surface area contributed by atoms with Crippen molar-refractivity contribution >= 4 is 11.9 Å². The summed E-state index contributed by atoms with van der Waals surface area (Å²) < 4.78 is 0. The molecule has 0 aromatic heterocycles. The van der Waals surface area contributed by atoms with Crippen LogP contribution in [0.15, 0.2) is 0 Å². The molecule has 82 valence electrons. The third-order valence-electron chi connectivity index (χ3n) is 1.44. The topological polar surface area (TPSA) is 78.4 Å². The molecule has 14 heavy (non-hydrogen) atoms. The van der Waals surface area contributed by atoms with E-state index in [0.717, 1.165) is 0 Å². The fourth-order valence-electron chi connectivity index (χ4n) is 0.717. The van der Waals surface area contributed by atoms with E-state index in [4.69, 9.17) is 5.11 Å². The number of aliphatic carboxylic acids is 1. The van der Waals surface area contributed by atoms with Crippen LogP contribution in [0.3, 0.4) is 0 Å². The van der Waals surface area contributed by atoms with Crippen molar-refractivity contribution < 1.29 is 14.7 Å². The van der Waals surface area contributed by atoms with Gasteiger partial charge < -0.3 is 15.7 Å². The Morgan fingerprint density at radius 3 is 2.29 bits per heavy atom. The molecule has 0 aromatic rings. The number of carboxylic acids is 1. The fraction of sp³-hybridized carbons (Fsp3) is 0.778. The number of amides is 1. The zero-order valence-corrected chi connectivity index (χ0v) is 8.89. The van der Waals surface area contributed by atoms with Crippen molar-refractivity contribution in [3.8, 4) is 0 Å². The van der Waals surface area contributed by atoms with Crippen molar-refractivity contribution in [2.45, 2.75) is 32.7 Å². The number of hydrogen-bond donors (Lipinski definition) is 3. The van der Waals surface area contributed by atoms with Crippen LogP contribution in [0, 0.1) is 0 Å². The first kappa shape index (κ1) is 12.9. The lowest BCUT2D eigenvalue weighted by atomic mass is 10.1. The Kier molecular flexibility index (Phi) is 5.15. The van der Waals surface area contributed by atoms with Crippen LogP contribution in [0.1, 0.15) is 27.2 Å². The maximum absolute atomic E-state index is 11.1. The molecule has 0 unspecified atom stereocenters. The average Bonchev–Trinajstić information content (AvgIpc) is 1.99. The molecule has 5 heteroatoms. The number of nitrogens with one attached hydrogen (secondary N) is 2. The summed E-state index contributed by atoms with van der Waals surface area (Å²) in [5.41, 5.74) is -0.107. The molecule has 0 spiro atoms. The van der Waals surface area contributed by atoms with Gasteiger partial charge >= 0.3 is 5.97 Å². The quantitative estimate of drug-likeness (QED) is 0.585. The van der Waals surface area contributed by atoms with Crippen LogP contribution in [0.5, 0.6) is 0 Å². The molecular weight excluding hydrogens is 184 g/mol. The molecule has 0 aliphatic rings. The van der Waals surface area contributed by atoms with E-state index < -0.39 is 5.97 Å². The summed E-state index contributed by atoms with van der Waals surface area (Å²) in [6.45, 7) is 6.26. The second kappa shape index (κ2) is 5.59. The number of carbonyl (C=O) groups excluding carboxylic acids is 1. The van der Waals surface area contributed by atoms with Gasteiger partial charge in [0, 0.05) is 12.1 Å². The van der Waals surface area contributed by atoms with Gasteiger partial charge in [-0.05, 0) is 20.8 Å². The number of rotatable bonds is 5. The minimum atomic E-state index is -0.908. The molecule has 0 radical (unpaired) electrons. The predicted molar refractivity (Wildman–Crippen MR) is 53.0 cm³/mol. The van der Waals surface area contributed by atoms with E-state index in [-0.39, 0.29) is 31.0 Å². The molecule has 0 rings (SSSR count). The highest BCUT2D eigenvalue weighted by Gasteiger charge is 2.10. The van der Waals surface area contributed by atoms with E-state index in [0.29, 0.717) is 0 Å². The molecule has 0 heterocycles. The Balaban J connectivity index is 3.52. The van der Waals surface area contributed by atoms with Crippen molar-refractivity contribution in [2.75, 3.05) is 13.1 Å². The molecule has 0 bridgehead atoms. The minimum Gasteiger partial charge on any atom is -0.481 e. The molecule has 0 aliphatic carbocycles. The number of hydrogen-bond acceptors (Lipinski definition) is 3. The van der Waals surface area contributed by atoms with Gasteiger partial charge in [0.15, 0.2) is 0 Å². The third kappa shape index (κ3) is 8.99. The Morgan fingerprint density at radius 2 is 1.86 bits per heavy atom. The summed E-state index contributed by atoms with van der Waals surface area (Å²) >= 11 is 0. The van der Waals surface area contributed by atoms with E-state index in [1.807, 2.05) is 20.8 Å². The summed E-state index contributed by atoms with van der Waals surface area (Å²) in [6, 6.07) is 0. The standard InChI is InChI=1S/C9H18N2O3/c1-9(2,3)11-6-7(12)10-5-4-8(13)14/h11H,4-6H2,1-3H3,(H,10,12)(H,13,14). The second-order valence-corrected chi connectivity index (χ2v) is 4.10. The smallest absolute Gasteiger partial charge is 0.305 e. The molecule has 0 aromatic carbocycles. The summed E-state index contributed by atoms with van der Waals surface area (Å²) in [5, 5.41) is 13.8. The molecule has 0 aliphatic heterocycles. The first-order valence-electron chi connectivity index (χ1n) is 4.55. The molecule has 0 saturated heterocycles. The van der Waals surface area contributed by atoms with Crippen molar-refractivity contribution in [3.05, 3.63) is 0 Å². The van der Waals surface area contributed by atoms with Gasteiger partial charge in [0.2, 0.25) is 5.91 Å². The van der Waals surface area contributed by atoms with Crippen molar-refractivity contribution in [1.82, 2.24) is 10.6 Å². The minimum absolute atomic E-state index is 0.0404. The van der Waals surface area contributed by atoms with E-state index in [1.54, 1.807) is 0 Å². The highest BCUT2D eigenvalue weighted by Crippen LogP contribution is 1.96. The van der Waals surface area contributed by atoms with Crippen LogP contribution in [0.25, 0.3) is 0 Å². The van der Waals surface area contributed by atoms with Crippen molar-refractivity contribution in [3.63, 3.8) is 0 Å². The predicted octanol–water partition coefficient (Wildman–Crippen LogP) is -0.0346. The van der Waals surface area contributed by atoms with Crippen LogP contribution in [0.2, 0.25) is 0 Å². The second-order valence-electron chi connectivity index (χ2n) is 4.10. The van der Waals surface area contributed by atoms with Gasteiger partial charge in [0.05, 0.1) is 13.0 Å². The molecular formula is C9H18N2O3. The SMILES string of the molecule is CC(C)(C)NCC(=O)NCCC(=O)O. The maximum atomic E-state index is 11.1. The molecule has 1 amide bonds. The van der Waals surface area contributed by atoms with Crippen LogP contribution >= 0.6 is 0 Å². The van der Waals surface area contributed by atoms with E-state index in [9.17, 15) is 9.59 Å². The lowest BCUT2D eigenvalue weighted by Gasteiger charge is -2.19. The maximum Gasteiger partial charge on any atom is 0.305 e. The van der Waals surface area contributed by atoms with E-state index in [1.165, 1.54) is 0 Å². The lowest BCUT2D eigenvalue weighted by Crippen LogP contribution is -2.43. The van der Waals surface area contributed by atoms with Gasteiger partial charge in [-0.3, -0.25) is 9.59 Å². The first-order valence-corrected chi connectivity index (χ1v) is 4.55. The van der Waals surface area contributed by atoms with Gasteiger partial charge in [0.25, 0.3) is 0 Å². The average molecular weight is 202 g/mol. The Hall–Kier alpha value is -1.10. The highest BCUT2D eigenvalue weighted by atomic mass is 16.4. The summed E-state index contributed by atoms with van der Waals surface area (Å²) in [5.74, 6) is -1.09. The molecule has 3 N–H and O–H groups in total. The molecule has 0 fully saturated rings. The Morgan fingerprint density at radius 1 is 1.29 bits per heavy atom. The number of carbonyl (C=O) groups is 2. The summed E-state index contributed by atoms with van der Waals surface area (Å²) in [6.07, 6.45) is -0.0404. The van der Waals surface area contributed by atoms with Crippen LogP contribution in [-0.2, 0) is 9.59 Å². The molecule has 5 nitrogen and oxygen atoms in total. The van der Waals surface area contributed by atoms with Gasteiger partial charge in [0.1, 0.15) is 0 Å². The highest BCUT2D eigenvalue weighted by molar-refractivity contribution is 5.78. The van der Waals surface area contributed by atoms with E-state index >= 15 is 0 Å². The zero-order valence-electron chi connectivity index (χ0n) is 8.89. The lowest BCUT2D eigenvalue weighted by molar-refractivity contribution is -0.136. The monoisotopic (exact) mass is 202 g/mol. The first-order chi connectivity index (χ1) is 6.31. The number of carboxylic acid groups (broad SMARTS) is 1. The fourth-order valence-corrected chi connectivity index (χ4v) is 0.717.